The Morgan fingerprint density at radius 2 is 2.20 bits per heavy atom. The van der Waals surface area contributed by atoms with E-state index in [0.29, 0.717) is 5.56 Å². The molecule has 0 aliphatic carbocycles. The smallest absolute Gasteiger partial charge is 0.237 e. The highest BCUT2D eigenvalue weighted by Gasteiger charge is 2.00. The molecule has 2 heteroatoms. The zero-order valence-corrected chi connectivity index (χ0v) is 5.59. The number of phenolic OH excluding ortho intramolecular Hbond substituents is 1. The van der Waals surface area contributed by atoms with E-state index in [1.54, 1.807) is 25.3 Å². The van der Waals surface area contributed by atoms with Crippen LogP contribution in [0, 0.1) is 6.92 Å². The van der Waals surface area contributed by atoms with E-state index in [0.717, 1.165) is 0 Å². The highest BCUT2D eigenvalue weighted by Crippen LogP contribution is 2.18. The molecule has 2 nitrogen and oxygen atoms in total. The lowest BCUT2D eigenvalue weighted by Gasteiger charge is -1.97. The van der Waals surface area contributed by atoms with E-state index in [4.69, 9.17) is 5.11 Å². The summed E-state index contributed by atoms with van der Waals surface area (Å²) >= 11 is 0. The Bertz CT molecular complexity index is 253. The average molecular weight is 135 g/mol. The normalized spacial score (nSPS) is 9.30. The molecule has 0 amide bonds. The molecule has 1 aromatic carbocycles. The number of aryl methyl sites for hydroxylation is 1. The Balaban J connectivity index is 3.27. The number of rotatable bonds is 1. The molecule has 0 spiro atoms. The molecule has 0 aliphatic rings. The van der Waals surface area contributed by atoms with Crippen LogP contribution in [0.15, 0.2) is 18.2 Å². The Hall–Kier alpha value is -1.31. The molecule has 51 valence electrons. The molecular formula is C8H7O2. The zero-order chi connectivity index (χ0) is 7.56. The van der Waals surface area contributed by atoms with Gasteiger partial charge < -0.3 is 5.11 Å². The second-order valence-corrected chi connectivity index (χ2v) is 2.07. The van der Waals surface area contributed by atoms with Crippen LogP contribution in [0.5, 0.6) is 5.75 Å². The lowest BCUT2D eigenvalue weighted by Crippen LogP contribution is -1.83. The van der Waals surface area contributed by atoms with Crippen molar-refractivity contribution < 1.29 is 9.90 Å². The van der Waals surface area contributed by atoms with Crippen molar-refractivity contribution in [3.8, 4) is 5.75 Å². The summed E-state index contributed by atoms with van der Waals surface area (Å²) in [6.45, 7) is 1.73. The fourth-order valence-electron chi connectivity index (χ4n) is 0.741. The van der Waals surface area contributed by atoms with Crippen molar-refractivity contribution in [2.75, 3.05) is 0 Å². The fourth-order valence-corrected chi connectivity index (χ4v) is 0.741. The quantitative estimate of drug-likeness (QED) is 0.627. The van der Waals surface area contributed by atoms with Crippen molar-refractivity contribution in [1.29, 1.82) is 0 Å². The third-order valence-corrected chi connectivity index (χ3v) is 1.35. The van der Waals surface area contributed by atoms with Gasteiger partial charge in [-0.1, -0.05) is 12.1 Å². The third kappa shape index (κ3) is 1.00. The van der Waals surface area contributed by atoms with Crippen molar-refractivity contribution in [3.05, 3.63) is 29.3 Å². The number of hydrogen-bond acceptors (Lipinski definition) is 2. The first-order valence-corrected chi connectivity index (χ1v) is 2.92. The first-order valence-electron chi connectivity index (χ1n) is 2.92. The zero-order valence-electron chi connectivity index (χ0n) is 5.59. The summed E-state index contributed by atoms with van der Waals surface area (Å²) in [6.07, 6.45) is 1.64. The minimum absolute atomic E-state index is 0.0255. The minimum Gasteiger partial charge on any atom is -0.507 e. The van der Waals surface area contributed by atoms with Crippen molar-refractivity contribution in [2.24, 2.45) is 0 Å². The maximum Gasteiger partial charge on any atom is 0.237 e. The summed E-state index contributed by atoms with van der Waals surface area (Å²) in [5, 5.41) is 9.14. The monoisotopic (exact) mass is 135 g/mol. The van der Waals surface area contributed by atoms with E-state index < -0.39 is 0 Å². The number of benzene rings is 1. The van der Waals surface area contributed by atoms with Crippen LogP contribution in [0.2, 0.25) is 0 Å². The maximum absolute atomic E-state index is 10.1. The maximum atomic E-state index is 10.1. The van der Waals surface area contributed by atoms with Gasteiger partial charge in [0.15, 0.2) is 0 Å². The number of para-hydroxylation sites is 1. The van der Waals surface area contributed by atoms with E-state index in [1.165, 1.54) is 6.07 Å². The molecule has 0 saturated carbocycles. The molecule has 0 aliphatic heterocycles. The van der Waals surface area contributed by atoms with Crippen molar-refractivity contribution in [2.45, 2.75) is 6.92 Å². The molecule has 0 fully saturated rings. The summed E-state index contributed by atoms with van der Waals surface area (Å²) in [5.74, 6) is 0.0255. The summed E-state index contributed by atoms with van der Waals surface area (Å²) < 4.78 is 0. The lowest BCUT2D eigenvalue weighted by atomic mass is 10.1. The van der Waals surface area contributed by atoms with Crippen LogP contribution in [-0.2, 0) is 4.79 Å². The van der Waals surface area contributed by atoms with E-state index in [1.807, 2.05) is 0 Å². The van der Waals surface area contributed by atoms with Crippen LogP contribution in [0.25, 0.3) is 0 Å². The van der Waals surface area contributed by atoms with Crippen LogP contribution in [0.4, 0.5) is 0 Å². The first kappa shape index (κ1) is 6.81. The highest BCUT2D eigenvalue weighted by atomic mass is 16.3. The van der Waals surface area contributed by atoms with Crippen LogP contribution < -0.4 is 0 Å². The van der Waals surface area contributed by atoms with Gasteiger partial charge in [-0.05, 0) is 18.6 Å². The molecular weight excluding hydrogens is 128 g/mol. The largest absolute Gasteiger partial charge is 0.507 e. The second kappa shape index (κ2) is 2.52. The Kier molecular flexibility index (Phi) is 1.71. The number of phenols is 1. The fraction of sp³-hybridized carbons (Fsp3) is 0.125. The van der Waals surface area contributed by atoms with E-state index in [9.17, 15) is 4.79 Å². The Morgan fingerprint density at radius 3 is 2.70 bits per heavy atom. The summed E-state index contributed by atoms with van der Waals surface area (Å²) in [6, 6.07) is 4.96. The van der Waals surface area contributed by atoms with Gasteiger partial charge in [-0.25, -0.2) is 0 Å². The lowest BCUT2D eigenvalue weighted by molar-refractivity contribution is 0.468. The van der Waals surface area contributed by atoms with Crippen molar-refractivity contribution >= 4 is 6.29 Å². The summed E-state index contributed by atoms with van der Waals surface area (Å²) in [4.78, 5) is 10.1. The van der Waals surface area contributed by atoms with Crippen LogP contribution in [0.1, 0.15) is 11.1 Å². The molecule has 0 bridgehead atoms. The summed E-state index contributed by atoms with van der Waals surface area (Å²) in [5.41, 5.74) is 0.917. The molecule has 0 aromatic heterocycles. The molecule has 0 saturated heterocycles. The Morgan fingerprint density at radius 1 is 1.50 bits per heavy atom. The standard InChI is InChI=1S/C8H7O2/c1-6-3-2-4-7(5-9)8(6)10/h2-4,10H,1H3. The average Bonchev–Trinajstić information content (AvgIpc) is 1.95. The molecule has 1 radical (unpaired) electrons. The number of aromatic hydroxyl groups is 1. The predicted octanol–water partition coefficient (Wildman–Crippen LogP) is 1.16. The topological polar surface area (TPSA) is 37.3 Å². The van der Waals surface area contributed by atoms with Gasteiger partial charge in [-0.3, -0.25) is 4.79 Å². The predicted molar refractivity (Wildman–Crippen MR) is 37.6 cm³/mol. The Labute approximate surface area is 59.1 Å². The van der Waals surface area contributed by atoms with Gasteiger partial charge in [0.25, 0.3) is 0 Å². The van der Waals surface area contributed by atoms with E-state index in [2.05, 4.69) is 0 Å². The molecule has 10 heavy (non-hydrogen) atoms. The van der Waals surface area contributed by atoms with Crippen LogP contribution >= 0.6 is 0 Å². The third-order valence-electron chi connectivity index (χ3n) is 1.35. The van der Waals surface area contributed by atoms with Gasteiger partial charge in [-0.2, -0.15) is 0 Å². The van der Waals surface area contributed by atoms with Gasteiger partial charge in [0.05, 0.1) is 5.56 Å². The van der Waals surface area contributed by atoms with Gasteiger partial charge in [0.1, 0.15) is 5.75 Å². The summed E-state index contributed by atoms with van der Waals surface area (Å²) in [7, 11) is 0. The number of carbonyl (C=O) groups excluding carboxylic acids is 1. The minimum atomic E-state index is 0.0255. The van der Waals surface area contributed by atoms with Gasteiger partial charge in [-0.15, -0.1) is 0 Å². The van der Waals surface area contributed by atoms with Gasteiger partial charge in [0, 0.05) is 0 Å². The molecule has 0 unspecified atom stereocenters. The molecule has 1 rings (SSSR count). The molecule has 1 N–H and O–H groups in total. The van der Waals surface area contributed by atoms with Crippen LogP contribution in [0.3, 0.4) is 0 Å². The van der Waals surface area contributed by atoms with Crippen molar-refractivity contribution in [3.63, 3.8) is 0 Å². The molecule has 0 atom stereocenters. The van der Waals surface area contributed by atoms with Crippen molar-refractivity contribution in [1.82, 2.24) is 0 Å². The highest BCUT2D eigenvalue weighted by molar-refractivity contribution is 5.80. The van der Waals surface area contributed by atoms with E-state index in [-0.39, 0.29) is 11.3 Å². The molecule has 0 heterocycles. The number of hydrogen-bond donors (Lipinski definition) is 1. The van der Waals surface area contributed by atoms with Gasteiger partial charge in [0.2, 0.25) is 6.29 Å². The van der Waals surface area contributed by atoms with Gasteiger partial charge >= 0.3 is 0 Å². The SMILES string of the molecule is Cc1cccc([C]=O)c1O. The first-order chi connectivity index (χ1) is 4.75. The van der Waals surface area contributed by atoms with E-state index >= 15 is 0 Å². The van der Waals surface area contributed by atoms with Crippen LogP contribution in [-0.4, -0.2) is 11.4 Å². The second-order valence-electron chi connectivity index (χ2n) is 2.07. The molecule has 1 aromatic rings.